The minimum Gasteiger partial charge on any atom is -0.497 e. The van der Waals surface area contributed by atoms with Crippen LogP contribution < -0.4 is 14.8 Å². The Bertz CT molecular complexity index is 1230. The van der Waals surface area contributed by atoms with Gasteiger partial charge >= 0.3 is 0 Å². The fraction of sp³-hybridized carbons (Fsp3) is 0.531. The van der Waals surface area contributed by atoms with Crippen LogP contribution in [0.1, 0.15) is 66.7 Å². The first-order valence-corrected chi connectivity index (χ1v) is 14.5. The van der Waals surface area contributed by atoms with Gasteiger partial charge in [0.1, 0.15) is 18.1 Å². The van der Waals surface area contributed by atoms with Gasteiger partial charge in [-0.15, -0.1) is 0 Å². The Morgan fingerprint density at radius 2 is 1.76 bits per heavy atom. The summed E-state index contributed by atoms with van der Waals surface area (Å²) in [5.74, 6) is 0.629. The predicted octanol–water partition coefficient (Wildman–Crippen LogP) is 4.86. The van der Waals surface area contributed by atoms with Gasteiger partial charge in [-0.2, -0.15) is 0 Å². The number of hydrogen-bond donors (Lipinski definition) is 1. The average molecular weight is 566 g/mol. The molecule has 0 saturated heterocycles. The van der Waals surface area contributed by atoms with Crippen molar-refractivity contribution in [3.8, 4) is 11.5 Å². The molecular weight excluding hydrogens is 522 g/mol. The SMILES string of the molecule is COc1cccc(C(=O)Nc2ccc3c(c2)OC[C@@H](C)N(C(=O)C2CCCCC2)C[C@@H](C)[C@H](OC)CN(C)C3=O)c1. The molecule has 0 spiro atoms. The van der Waals surface area contributed by atoms with E-state index in [0.29, 0.717) is 41.4 Å². The van der Waals surface area contributed by atoms with E-state index in [1.54, 1.807) is 68.6 Å². The molecule has 1 N–H and O–H groups in total. The number of rotatable bonds is 5. The van der Waals surface area contributed by atoms with Gasteiger partial charge in [-0.1, -0.05) is 32.3 Å². The summed E-state index contributed by atoms with van der Waals surface area (Å²) in [4.78, 5) is 43.8. The number of methoxy groups -OCH3 is 2. The molecule has 9 heteroatoms. The molecule has 0 bridgehead atoms. The molecule has 222 valence electrons. The average Bonchev–Trinajstić information content (AvgIpc) is 3.00. The molecule has 1 aliphatic heterocycles. The smallest absolute Gasteiger partial charge is 0.257 e. The Balaban J connectivity index is 1.62. The number of nitrogens with one attached hydrogen (secondary N) is 1. The highest BCUT2D eigenvalue weighted by Gasteiger charge is 2.33. The van der Waals surface area contributed by atoms with E-state index in [1.165, 1.54) is 6.42 Å². The highest BCUT2D eigenvalue weighted by atomic mass is 16.5. The standard InChI is InChI=1S/C32H43N3O6/c1-21-18-35(31(37)23-10-7-6-8-11-23)22(2)20-41-28-17-25(33-30(36)24-12-9-13-26(16-24)39-4)14-15-27(28)32(38)34(3)19-29(21)40-5/h9,12-17,21-23,29H,6-8,10-11,18-20H2,1-5H3,(H,33,36)/t21-,22-,29-/m1/s1. The minimum atomic E-state index is -0.310. The zero-order chi connectivity index (χ0) is 29.5. The second-order valence-corrected chi connectivity index (χ2v) is 11.3. The third kappa shape index (κ3) is 7.38. The van der Waals surface area contributed by atoms with Gasteiger partial charge in [-0.25, -0.2) is 0 Å². The number of ether oxygens (including phenoxy) is 3. The quantitative estimate of drug-likeness (QED) is 0.556. The van der Waals surface area contributed by atoms with Gasteiger partial charge in [-0.3, -0.25) is 14.4 Å². The molecule has 1 aliphatic carbocycles. The Labute approximate surface area is 243 Å². The van der Waals surface area contributed by atoms with Crippen molar-refractivity contribution in [2.75, 3.05) is 46.3 Å². The van der Waals surface area contributed by atoms with Crippen molar-refractivity contribution in [1.82, 2.24) is 9.80 Å². The van der Waals surface area contributed by atoms with Crippen LogP contribution in [0.15, 0.2) is 42.5 Å². The summed E-state index contributed by atoms with van der Waals surface area (Å²) in [7, 11) is 4.94. The Morgan fingerprint density at radius 1 is 1.00 bits per heavy atom. The molecule has 4 rings (SSSR count). The highest BCUT2D eigenvalue weighted by Crippen LogP contribution is 2.30. The first-order chi connectivity index (χ1) is 19.7. The molecule has 9 nitrogen and oxygen atoms in total. The number of anilines is 1. The molecule has 0 unspecified atom stereocenters. The van der Waals surface area contributed by atoms with Crippen LogP contribution >= 0.6 is 0 Å². The monoisotopic (exact) mass is 565 g/mol. The van der Waals surface area contributed by atoms with Gasteiger partial charge in [-0.05, 0) is 50.1 Å². The maximum absolute atomic E-state index is 13.7. The van der Waals surface area contributed by atoms with Crippen LogP contribution in [0.25, 0.3) is 0 Å². The number of hydrogen-bond acceptors (Lipinski definition) is 6. The van der Waals surface area contributed by atoms with E-state index in [1.807, 2.05) is 11.8 Å². The topological polar surface area (TPSA) is 97.4 Å². The van der Waals surface area contributed by atoms with Crippen LogP contribution in [0.3, 0.4) is 0 Å². The fourth-order valence-electron chi connectivity index (χ4n) is 5.71. The first kappa shape index (κ1) is 30.4. The second kappa shape index (κ2) is 13.9. The third-order valence-corrected chi connectivity index (χ3v) is 8.27. The van der Waals surface area contributed by atoms with Crippen molar-refractivity contribution >= 4 is 23.4 Å². The summed E-state index contributed by atoms with van der Waals surface area (Å²) in [5, 5.41) is 2.89. The molecule has 2 aromatic carbocycles. The number of amides is 3. The molecule has 0 aromatic heterocycles. The summed E-state index contributed by atoms with van der Waals surface area (Å²) in [6, 6.07) is 11.7. The molecule has 3 amide bonds. The van der Waals surface area contributed by atoms with E-state index in [2.05, 4.69) is 12.2 Å². The summed E-state index contributed by atoms with van der Waals surface area (Å²) in [5.41, 5.74) is 1.32. The first-order valence-electron chi connectivity index (χ1n) is 14.5. The number of fused-ring (bicyclic) bond motifs is 1. The largest absolute Gasteiger partial charge is 0.497 e. The van der Waals surface area contributed by atoms with Crippen molar-refractivity contribution in [1.29, 1.82) is 0 Å². The van der Waals surface area contributed by atoms with Gasteiger partial charge in [0.05, 0.1) is 24.8 Å². The number of carbonyl (C=O) groups excluding carboxylic acids is 3. The summed E-state index contributed by atoms with van der Waals surface area (Å²) in [6.07, 6.45) is 4.93. The maximum Gasteiger partial charge on any atom is 0.257 e. The molecule has 3 atom stereocenters. The van der Waals surface area contributed by atoms with Gasteiger partial charge in [0.25, 0.3) is 11.8 Å². The molecule has 2 aromatic rings. The van der Waals surface area contributed by atoms with E-state index in [9.17, 15) is 14.4 Å². The van der Waals surface area contributed by atoms with Gasteiger partial charge < -0.3 is 29.3 Å². The molecule has 1 fully saturated rings. The highest BCUT2D eigenvalue weighted by molar-refractivity contribution is 6.05. The lowest BCUT2D eigenvalue weighted by atomic mass is 9.87. The number of carbonyl (C=O) groups is 3. The van der Waals surface area contributed by atoms with Crippen LogP contribution in [-0.4, -0.2) is 80.6 Å². The van der Waals surface area contributed by atoms with Crippen molar-refractivity contribution in [3.63, 3.8) is 0 Å². The summed E-state index contributed by atoms with van der Waals surface area (Å²) < 4.78 is 17.3. The lowest BCUT2D eigenvalue weighted by Gasteiger charge is -2.38. The number of nitrogens with zero attached hydrogens (tertiary/aromatic N) is 2. The number of likely N-dealkylation sites (N-methyl/N-ethyl adjacent to an activating group) is 1. The van der Waals surface area contributed by atoms with E-state index >= 15 is 0 Å². The normalized spacial score (nSPS) is 22.6. The molecule has 1 saturated carbocycles. The summed E-state index contributed by atoms with van der Waals surface area (Å²) >= 11 is 0. The van der Waals surface area contributed by atoms with Crippen LogP contribution in [0.4, 0.5) is 5.69 Å². The van der Waals surface area contributed by atoms with Crippen molar-refractivity contribution < 1.29 is 28.6 Å². The Morgan fingerprint density at radius 3 is 2.46 bits per heavy atom. The minimum absolute atomic E-state index is 0.0123. The van der Waals surface area contributed by atoms with Crippen LogP contribution in [0.2, 0.25) is 0 Å². The third-order valence-electron chi connectivity index (χ3n) is 8.27. The van der Waals surface area contributed by atoms with E-state index < -0.39 is 0 Å². The zero-order valence-electron chi connectivity index (χ0n) is 24.9. The van der Waals surface area contributed by atoms with Crippen LogP contribution in [0, 0.1) is 11.8 Å². The van der Waals surface area contributed by atoms with Crippen LogP contribution in [0.5, 0.6) is 11.5 Å². The van der Waals surface area contributed by atoms with Crippen molar-refractivity contribution in [3.05, 3.63) is 53.6 Å². The van der Waals surface area contributed by atoms with Crippen LogP contribution in [-0.2, 0) is 9.53 Å². The molecule has 0 radical (unpaired) electrons. The van der Waals surface area contributed by atoms with E-state index in [0.717, 1.165) is 25.7 Å². The van der Waals surface area contributed by atoms with Crippen molar-refractivity contribution in [2.24, 2.45) is 11.8 Å². The molecular formula is C32H43N3O6. The van der Waals surface area contributed by atoms with E-state index in [-0.39, 0.29) is 48.3 Å². The lowest BCUT2D eigenvalue weighted by Crippen LogP contribution is -2.50. The Kier molecular flexibility index (Phi) is 10.3. The predicted molar refractivity (Wildman–Crippen MR) is 158 cm³/mol. The Hall–Kier alpha value is -3.59. The number of benzene rings is 2. The van der Waals surface area contributed by atoms with Crippen molar-refractivity contribution in [2.45, 2.75) is 58.1 Å². The fourth-order valence-corrected chi connectivity index (χ4v) is 5.71. The zero-order valence-corrected chi connectivity index (χ0v) is 24.9. The summed E-state index contributed by atoms with van der Waals surface area (Å²) in [6.45, 7) is 5.15. The second-order valence-electron chi connectivity index (χ2n) is 11.3. The van der Waals surface area contributed by atoms with Gasteiger partial charge in [0.2, 0.25) is 5.91 Å². The van der Waals surface area contributed by atoms with Gasteiger partial charge in [0.15, 0.2) is 0 Å². The van der Waals surface area contributed by atoms with Gasteiger partial charge in [0, 0.05) is 56.4 Å². The lowest BCUT2D eigenvalue weighted by molar-refractivity contribution is -0.141. The van der Waals surface area contributed by atoms with E-state index in [4.69, 9.17) is 14.2 Å². The molecule has 2 aliphatic rings. The molecule has 41 heavy (non-hydrogen) atoms. The maximum atomic E-state index is 13.7. The molecule has 1 heterocycles.